The minimum Gasteiger partial charge on any atom is -0.480 e. The van der Waals surface area contributed by atoms with Gasteiger partial charge in [0.1, 0.15) is 11.6 Å². The number of nitrogens with zero attached hydrogens (tertiary/aromatic N) is 1. The second kappa shape index (κ2) is 4.43. The average molecular weight is 219 g/mol. The fourth-order valence-electron chi connectivity index (χ4n) is 1.76. The quantitative estimate of drug-likeness (QED) is 0.750. The SMILES string of the molecule is CCN=C1Nc2ccc(N)cc2OC1CC. The van der Waals surface area contributed by atoms with Gasteiger partial charge in [0.05, 0.1) is 5.69 Å². The van der Waals surface area contributed by atoms with Gasteiger partial charge in [-0.3, -0.25) is 4.99 Å². The van der Waals surface area contributed by atoms with Crippen LogP contribution in [0.15, 0.2) is 23.2 Å². The highest BCUT2D eigenvalue weighted by Gasteiger charge is 2.23. The van der Waals surface area contributed by atoms with Crippen LogP contribution in [0.2, 0.25) is 0 Å². The topological polar surface area (TPSA) is 59.6 Å². The number of anilines is 2. The third kappa shape index (κ3) is 1.96. The zero-order valence-electron chi connectivity index (χ0n) is 9.66. The van der Waals surface area contributed by atoms with Gasteiger partial charge in [-0.1, -0.05) is 6.92 Å². The summed E-state index contributed by atoms with van der Waals surface area (Å²) >= 11 is 0. The Kier molecular flexibility index (Phi) is 2.99. The van der Waals surface area contributed by atoms with Crippen LogP contribution in [-0.4, -0.2) is 18.5 Å². The molecule has 3 N–H and O–H groups in total. The van der Waals surface area contributed by atoms with Crippen molar-refractivity contribution < 1.29 is 4.74 Å². The zero-order chi connectivity index (χ0) is 11.5. The number of fused-ring (bicyclic) bond motifs is 1. The maximum Gasteiger partial charge on any atom is 0.155 e. The monoisotopic (exact) mass is 219 g/mol. The van der Waals surface area contributed by atoms with E-state index in [-0.39, 0.29) is 6.10 Å². The average Bonchev–Trinajstić information content (AvgIpc) is 2.29. The van der Waals surface area contributed by atoms with E-state index in [0.29, 0.717) is 5.69 Å². The van der Waals surface area contributed by atoms with Gasteiger partial charge in [0.25, 0.3) is 0 Å². The van der Waals surface area contributed by atoms with E-state index in [9.17, 15) is 0 Å². The van der Waals surface area contributed by atoms with E-state index in [1.807, 2.05) is 25.1 Å². The normalized spacial score (nSPS) is 21.1. The van der Waals surface area contributed by atoms with Crippen molar-refractivity contribution in [3.8, 4) is 5.75 Å². The molecule has 16 heavy (non-hydrogen) atoms. The molecular formula is C12H17N3O. The molecule has 0 bridgehead atoms. The lowest BCUT2D eigenvalue weighted by atomic mass is 10.1. The Morgan fingerprint density at radius 1 is 1.44 bits per heavy atom. The maximum absolute atomic E-state index is 5.85. The molecule has 1 aliphatic rings. The van der Waals surface area contributed by atoms with Crippen molar-refractivity contribution in [2.24, 2.45) is 4.99 Å². The number of hydrogen-bond acceptors (Lipinski definition) is 3. The molecule has 4 heteroatoms. The molecule has 2 rings (SSSR count). The van der Waals surface area contributed by atoms with Crippen LogP contribution in [0.1, 0.15) is 20.3 Å². The second-order valence-corrected chi connectivity index (χ2v) is 3.75. The van der Waals surface area contributed by atoms with Gasteiger partial charge < -0.3 is 15.8 Å². The lowest BCUT2D eigenvalue weighted by Crippen LogP contribution is -2.36. The van der Waals surface area contributed by atoms with Crippen LogP contribution in [0.25, 0.3) is 0 Å². The second-order valence-electron chi connectivity index (χ2n) is 3.75. The lowest BCUT2D eigenvalue weighted by molar-refractivity contribution is 0.258. The fraction of sp³-hybridized carbons (Fsp3) is 0.417. The highest BCUT2D eigenvalue weighted by Crippen LogP contribution is 2.32. The van der Waals surface area contributed by atoms with E-state index in [4.69, 9.17) is 10.5 Å². The van der Waals surface area contributed by atoms with Crippen molar-refractivity contribution >= 4 is 17.2 Å². The summed E-state index contributed by atoms with van der Waals surface area (Å²) < 4.78 is 5.85. The molecule has 0 saturated heterocycles. The Morgan fingerprint density at radius 2 is 2.25 bits per heavy atom. The van der Waals surface area contributed by atoms with Gasteiger partial charge >= 0.3 is 0 Å². The van der Waals surface area contributed by atoms with Gasteiger partial charge in [-0.2, -0.15) is 0 Å². The van der Waals surface area contributed by atoms with E-state index < -0.39 is 0 Å². The summed E-state index contributed by atoms with van der Waals surface area (Å²) in [5, 5.41) is 3.30. The standard InChI is InChI=1S/C12H17N3O/c1-3-10-12(14-4-2)15-9-6-5-8(13)7-11(9)16-10/h5-7,10H,3-4,13H2,1-2H3,(H,14,15). The predicted octanol–water partition coefficient (Wildman–Crippen LogP) is 2.27. The third-order valence-electron chi connectivity index (χ3n) is 2.54. The molecule has 0 saturated carbocycles. The Labute approximate surface area is 95.5 Å². The van der Waals surface area contributed by atoms with E-state index in [0.717, 1.165) is 30.2 Å². The predicted molar refractivity (Wildman–Crippen MR) is 67.2 cm³/mol. The Bertz CT molecular complexity index is 415. The molecule has 0 aromatic heterocycles. The fourth-order valence-corrected chi connectivity index (χ4v) is 1.76. The van der Waals surface area contributed by atoms with Crippen LogP contribution >= 0.6 is 0 Å². The van der Waals surface area contributed by atoms with Crippen LogP contribution in [0.5, 0.6) is 5.75 Å². The minimum absolute atomic E-state index is 0.00856. The maximum atomic E-state index is 5.85. The summed E-state index contributed by atoms with van der Waals surface area (Å²) in [6.45, 7) is 4.85. The first-order valence-electron chi connectivity index (χ1n) is 5.62. The van der Waals surface area contributed by atoms with Crippen LogP contribution in [0.4, 0.5) is 11.4 Å². The Morgan fingerprint density at radius 3 is 2.94 bits per heavy atom. The van der Waals surface area contributed by atoms with Crippen LogP contribution in [-0.2, 0) is 0 Å². The molecule has 86 valence electrons. The number of ether oxygens (including phenoxy) is 1. The summed E-state index contributed by atoms with van der Waals surface area (Å²) in [6.07, 6.45) is 0.898. The number of rotatable bonds is 2. The van der Waals surface area contributed by atoms with Gasteiger partial charge in [0.2, 0.25) is 0 Å². The molecular weight excluding hydrogens is 202 g/mol. The van der Waals surface area contributed by atoms with Crippen molar-refractivity contribution in [3.05, 3.63) is 18.2 Å². The van der Waals surface area contributed by atoms with Gasteiger partial charge in [0.15, 0.2) is 6.10 Å². The Balaban J connectivity index is 2.33. The first-order valence-corrected chi connectivity index (χ1v) is 5.62. The van der Waals surface area contributed by atoms with Crippen molar-refractivity contribution in [2.75, 3.05) is 17.6 Å². The van der Waals surface area contributed by atoms with Gasteiger partial charge in [-0.25, -0.2) is 0 Å². The summed E-state index contributed by atoms with van der Waals surface area (Å²) in [5.74, 6) is 1.71. The summed E-state index contributed by atoms with van der Waals surface area (Å²) in [6, 6.07) is 5.61. The van der Waals surface area contributed by atoms with E-state index in [1.54, 1.807) is 0 Å². The summed E-state index contributed by atoms with van der Waals surface area (Å²) in [5.41, 5.74) is 7.37. The molecule has 1 aliphatic heterocycles. The van der Waals surface area contributed by atoms with Crippen LogP contribution < -0.4 is 15.8 Å². The molecule has 4 nitrogen and oxygen atoms in total. The number of benzene rings is 1. The number of aliphatic imine (C=N–C) groups is 1. The van der Waals surface area contributed by atoms with Crippen molar-refractivity contribution in [3.63, 3.8) is 0 Å². The number of amidine groups is 1. The first-order chi connectivity index (χ1) is 7.74. The Hall–Kier alpha value is -1.71. The van der Waals surface area contributed by atoms with E-state index in [2.05, 4.69) is 17.2 Å². The van der Waals surface area contributed by atoms with Gasteiger partial charge in [-0.05, 0) is 25.5 Å². The number of nitrogen functional groups attached to an aromatic ring is 1. The largest absolute Gasteiger partial charge is 0.480 e. The molecule has 1 atom stereocenters. The molecule has 0 aliphatic carbocycles. The van der Waals surface area contributed by atoms with Crippen molar-refractivity contribution in [1.29, 1.82) is 0 Å². The number of nitrogens with two attached hydrogens (primary N) is 1. The molecule has 1 aromatic rings. The van der Waals surface area contributed by atoms with Gasteiger partial charge in [-0.15, -0.1) is 0 Å². The molecule has 0 radical (unpaired) electrons. The zero-order valence-corrected chi connectivity index (χ0v) is 9.66. The molecule has 1 heterocycles. The van der Waals surface area contributed by atoms with E-state index >= 15 is 0 Å². The number of nitrogens with one attached hydrogen (secondary N) is 1. The summed E-state index contributed by atoms with van der Waals surface area (Å²) in [4.78, 5) is 4.41. The molecule has 1 aromatic carbocycles. The van der Waals surface area contributed by atoms with Crippen molar-refractivity contribution in [1.82, 2.24) is 0 Å². The van der Waals surface area contributed by atoms with Gasteiger partial charge in [0, 0.05) is 18.3 Å². The molecule has 1 unspecified atom stereocenters. The van der Waals surface area contributed by atoms with Crippen LogP contribution in [0.3, 0.4) is 0 Å². The van der Waals surface area contributed by atoms with Crippen molar-refractivity contribution in [2.45, 2.75) is 26.4 Å². The summed E-state index contributed by atoms with van der Waals surface area (Å²) in [7, 11) is 0. The smallest absolute Gasteiger partial charge is 0.155 e. The van der Waals surface area contributed by atoms with Crippen LogP contribution in [0, 0.1) is 0 Å². The van der Waals surface area contributed by atoms with E-state index in [1.165, 1.54) is 0 Å². The minimum atomic E-state index is 0.00856. The molecule has 0 spiro atoms. The first kappa shape index (κ1) is 10.8. The molecule has 0 fully saturated rings. The highest BCUT2D eigenvalue weighted by atomic mass is 16.5. The third-order valence-corrected chi connectivity index (χ3v) is 2.54. The number of hydrogen-bond donors (Lipinski definition) is 2. The molecule has 0 amide bonds. The highest BCUT2D eigenvalue weighted by molar-refractivity contribution is 6.02. The lowest BCUT2D eigenvalue weighted by Gasteiger charge is -2.28.